The van der Waals surface area contributed by atoms with Crippen LogP contribution in [0.4, 0.5) is 0 Å². The van der Waals surface area contributed by atoms with Gasteiger partial charge in [0.15, 0.2) is 0 Å². The number of rotatable bonds is 3. The first-order chi connectivity index (χ1) is 10.4. The summed E-state index contributed by atoms with van der Waals surface area (Å²) in [6, 6.07) is 21.2. The van der Waals surface area contributed by atoms with E-state index in [4.69, 9.17) is 19.1 Å². The quantitative estimate of drug-likeness (QED) is 0.399. The van der Waals surface area contributed by atoms with E-state index < -0.39 is 7.92 Å². The third-order valence-electron chi connectivity index (χ3n) is 2.81. The van der Waals surface area contributed by atoms with Gasteiger partial charge in [-0.2, -0.15) is 0 Å². The van der Waals surface area contributed by atoms with Crippen LogP contribution in [0.15, 0.2) is 60.7 Å². The summed E-state index contributed by atoms with van der Waals surface area (Å²) in [7, 11) is 9.13. The molecule has 1 aliphatic rings. The van der Waals surface area contributed by atoms with Gasteiger partial charge in [0.05, 0.1) is 0 Å². The van der Waals surface area contributed by atoms with Crippen molar-refractivity contribution in [3.05, 3.63) is 60.7 Å². The van der Waals surface area contributed by atoms with Gasteiger partial charge in [-0.25, -0.2) is 0 Å². The minimum atomic E-state index is -0.499. The molecule has 0 fully saturated rings. The van der Waals surface area contributed by atoms with Gasteiger partial charge < -0.3 is 0 Å². The molecule has 0 saturated heterocycles. The molecule has 0 radical (unpaired) electrons. The summed E-state index contributed by atoms with van der Waals surface area (Å²) in [5.74, 6) is 12.2. The minimum absolute atomic E-state index is 0.106. The van der Waals surface area contributed by atoms with Gasteiger partial charge >= 0.3 is 35.0 Å². The fourth-order valence-corrected chi connectivity index (χ4v) is 4.27. The molecule has 0 aliphatic heterocycles. The van der Waals surface area contributed by atoms with Gasteiger partial charge in [-0.1, -0.05) is 72.5 Å². The molecule has 0 atom stereocenters. The molecule has 0 amide bonds. The Bertz CT molecular complexity index is 621. The zero-order chi connectivity index (χ0) is 14.9. The van der Waals surface area contributed by atoms with Crippen LogP contribution in [-0.4, -0.2) is 5.66 Å². The first kappa shape index (κ1) is 16.6. The van der Waals surface area contributed by atoms with E-state index in [-0.39, 0.29) is 21.6 Å². The van der Waals surface area contributed by atoms with Crippen molar-refractivity contribution >= 4 is 37.6 Å². The monoisotopic (exact) mass is 422 g/mol. The summed E-state index contributed by atoms with van der Waals surface area (Å²) in [6.07, 6.45) is 0. The van der Waals surface area contributed by atoms with Gasteiger partial charge in [0.25, 0.3) is 0 Å². The fourth-order valence-electron chi connectivity index (χ4n) is 2.00. The van der Waals surface area contributed by atoms with E-state index in [9.17, 15) is 0 Å². The molecule has 0 unspecified atom stereocenters. The molecule has 2 aromatic rings. The zero-order valence-corrected chi connectivity index (χ0v) is 14.8. The molecule has 0 nitrogen and oxygen atoms in total. The van der Waals surface area contributed by atoms with Gasteiger partial charge in [-0.05, 0) is 30.4 Å². The summed E-state index contributed by atoms with van der Waals surface area (Å²) in [4.78, 5) is 0. The Hall–Kier alpha value is -0.768. The Morgan fingerprint density at radius 2 is 1.14 bits per heavy atom. The third kappa shape index (κ3) is 4.87. The second-order valence-corrected chi connectivity index (χ2v) is 8.68. The zero-order valence-electron chi connectivity index (χ0n) is 10.9. The van der Waals surface area contributed by atoms with Crippen molar-refractivity contribution < 1.29 is 15.9 Å². The van der Waals surface area contributed by atoms with Crippen molar-refractivity contribution in [2.45, 2.75) is 5.66 Å². The van der Waals surface area contributed by atoms with Crippen LogP contribution in [0.1, 0.15) is 0 Å². The van der Waals surface area contributed by atoms with E-state index in [2.05, 4.69) is 72.2 Å². The van der Waals surface area contributed by atoms with E-state index in [1.54, 1.807) is 0 Å². The van der Waals surface area contributed by atoms with E-state index >= 15 is 0 Å². The van der Waals surface area contributed by atoms with E-state index in [1.165, 1.54) is 10.6 Å². The summed E-state index contributed by atoms with van der Waals surface area (Å²) in [6.45, 7) is 0. The molecule has 0 saturated carbocycles. The fraction of sp³-hybridized carbons (Fsp3) is 0.0588. The van der Waals surface area contributed by atoms with Crippen molar-refractivity contribution in [2.24, 2.45) is 0 Å². The van der Waals surface area contributed by atoms with Crippen LogP contribution in [0.25, 0.3) is 0 Å². The Balaban J connectivity index is 0.000000497. The van der Waals surface area contributed by atoms with E-state index in [1.807, 2.05) is 12.1 Å². The van der Waals surface area contributed by atoms with Crippen molar-refractivity contribution in [3.63, 3.8) is 0 Å². The van der Waals surface area contributed by atoms with Crippen molar-refractivity contribution in [1.82, 2.24) is 0 Å². The van der Waals surface area contributed by atoms with Crippen LogP contribution >= 0.6 is 27.0 Å². The van der Waals surface area contributed by atoms with Gasteiger partial charge in [0.2, 0.25) is 0 Å². The van der Waals surface area contributed by atoms with Gasteiger partial charge in [-0.3, -0.25) is 0 Å². The normalized spacial score (nSPS) is 12.0. The predicted octanol–water partition coefficient (Wildman–Crippen LogP) is 3.88. The molecule has 4 heteroatoms. The van der Waals surface area contributed by atoms with E-state index in [0.717, 1.165) is 0 Å². The van der Waals surface area contributed by atoms with Crippen LogP contribution in [0.3, 0.4) is 0 Å². The summed E-state index contributed by atoms with van der Waals surface area (Å²) < 4.78 is 0. The second kappa shape index (κ2) is 9.29. The van der Waals surface area contributed by atoms with Crippen LogP contribution in [0.2, 0.25) is 0 Å². The van der Waals surface area contributed by atoms with Crippen molar-refractivity contribution in [2.75, 3.05) is 0 Å². The molecule has 3 rings (SSSR count). The molecule has 0 spiro atoms. The standard InChI is InChI=1S/C17H11P.2ClH.Pd/c1-3-9-15(10-4-1)18(17-13-7-8-14-17)16-11-5-2-6-12-16;;;/h1-6,9-12,17H;2*1H;/q;;;+2/p-2. The summed E-state index contributed by atoms with van der Waals surface area (Å²) >= 11 is -0.106. The molecule has 108 valence electrons. The summed E-state index contributed by atoms with van der Waals surface area (Å²) in [5, 5.41) is 2.68. The van der Waals surface area contributed by atoms with Crippen LogP contribution in [-0.2, 0) is 15.9 Å². The molecule has 0 bridgehead atoms. The number of benzene rings is 2. The average molecular weight is 424 g/mol. The van der Waals surface area contributed by atoms with Crippen molar-refractivity contribution in [1.29, 1.82) is 0 Å². The Morgan fingerprint density at radius 3 is 1.52 bits per heavy atom. The van der Waals surface area contributed by atoms with Crippen LogP contribution in [0.5, 0.6) is 0 Å². The number of hydrogen-bond acceptors (Lipinski definition) is 0. The molecule has 1 aliphatic carbocycles. The Labute approximate surface area is 143 Å². The van der Waals surface area contributed by atoms with Gasteiger partial charge in [-0.15, -0.1) is 0 Å². The first-order valence-electron chi connectivity index (χ1n) is 6.09. The third-order valence-corrected chi connectivity index (χ3v) is 5.29. The topological polar surface area (TPSA) is 0 Å². The second-order valence-electron chi connectivity index (χ2n) is 4.03. The first-order valence-corrected chi connectivity index (χ1v) is 11.5. The summed E-state index contributed by atoms with van der Waals surface area (Å²) in [5.41, 5.74) is 0.171. The Kier molecular flexibility index (Phi) is 7.34. The van der Waals surface area contributed by atoms with Crippen LogP contribution in [0, 0.1) is 23.7 Å². The molecule has 0 aromatic heterocycles. The molecular weight excluding hydrogens is 412 g/mol. The maximum absolute atomic E-state index is 4.81. The average Bonchev–Trinajstić information content (AvgIpc) is 3.05. The molecule has 21 heavy (non-hydrogen) atoms. The number of hydrogen-bond donors (Lipinski definition) is 0. The van der Waals surface area contributed by atoms with E-state index in [0.29, 0.717) is 0 Å². The molecular formula is C17H11Cl2PPd. The van der Waals surface area contributed by atoms with Crippen molar-refractivity contribution in [3.8, 4) is 23.7 Å². The van der Waals surface area contributed by atoms with Gasteiger partial charge in [0.1, 0.15) is 5.66 Å². The molecule has 0 heterocycles. The Morgan fingerprint density at radius 1 is 0.762 bits per heavy atom. The molecule has 0 N–H and O–H groups in total. The predicted molar refractivity (Wildman–Crippen MR) is 90.1 cm³/mol. The SMILES string of the molecule is C1#CC(P(c2ccccc2)c2ccccc2)C#C1.[Cl][Pd][Cl]. The molecule has 2 aromatic carbocycles. The maximum atomic E-state index is 4.81. The van der Waals surface area contributed by atoms with Crippen LogP contribution < -0.4 is 10.6 Å². The number of halogens is 2. The van der Waals surface area contributed by atoms with Gasteiger partial charge in [0, 0.05) is 0 Å².